The summed E-state index contributed by atoms with van der Waals surface area (Å²) in [6.07, 6.45) is 6.28. The van der Waals surface area contributed by atoms with Gasteiger partial charge in [0, 0.05) is 23.5 Å². The Kier molecular flexibility index (Phi) is 4.03. The van der Waals surface area contributed by atoms with Crippen LogP contribution in [0.2, 0.25) is 0 Å². The van der Waals surface area contributed by atoms with Gasteiger partial charge in [-0.15, -0.1) is 0 Å². The molecule has 0 spiro atoms. The Hall–Kier alpha value is -1.49. The van der Waals surface area contributed by atoms with E-state index in [1.807, 2.05) is 24.4 Å². The van der Waals surface area contributed by atoms with Gasteiger partial charge in [-0.05, 0) is 43.6 Å². The summed E-state index contributed by atoms with van der Waals surface area (Å²) in [7, 11) is 0. The van der Waals surface area contributed by atoms with E-state index in [4.69, 9.17) is 18.0 Å². The smallest absolute Gasteiger partial charge is 0.184 e. The molecule has 3 N–H and O–H groups in total. The molecule has 0 radical (unpaired) electrons. The van der Waals surface area contributed by atoms with Gasteiger partial charge in [0.1, 0.15) is 0 Å². The van der Waals surface area contributed by atoms with E-state index >= 15 is 0 Å². The van der Waals surface area contributed by atoms with E-state index in [0.29, 0.717) is 5.92 Å². The van der Waals surface area contributed by atoms with E-state index in [0.717, 1.165) is 24.2 Å². The minimum absolute atomic E-state index is 0.211. The molecule has 1 aromatic rings. The van der Waals surface area contributed by atoms with Crippen LogP contribution in [-0.4, -0.2) is 15.8 Å². The van der Waals surface area contributed by atoms with Gasteiger partial charge in [-0.25, -0.2) is 0 Å². The fourth-order valence-corrected chi connectivity index (χ4v) is 2.20. The summed E-state index contributed by atoms with van der Waals surface area (Å²) in [6.45, 7) is 0. The number of hydrogen-bond acceptors (Lipinski definition) is 3. The summed E-state index contributed by atoms with van der Waals surface area (Å²) in [5.74, 6) is 0.298. The maximum Gasteiger partial charge on any atom is 0.184 e. The van der Waals surface area contributed by atoms with Crippen molar-refractivity contribution in [3.8, 4) is 0 Å². The average molecular weight is 248 g/mol. The van der Waals surface area contributed by atoms with Gasteiger partial charge >= 0.3 is 0 Å². The molecule has 90 valence electrons. The number of nitrogens with zero attached hydrogens (tertiary/aromatic N) is 2. The molecule has 2 rings (SSSR count). The molecule has 0 bridgehead atoms. The lowest BCUT2D eigenvalue weighted by Crippen LogP contribution is -2.28. The molecule has 0 unspecified atom stereocenters. The van der Waals surface area contributed by atoms with Crippen LogP contribution in [-0.2, 0) is 0 Å². The average Bonchev–Trinajstić information content (AvgIpc) is 2.38. The standard InChI is InChI=1S/C12H16N4S/c13-12(17)16-15-11-7-2-1-5-9(11)10-6-3-4-8-14-10/h3-4,6,8-9H,1-2,5,7H2,(H3,13,16,17)/b15-11+/t9-/m0/s1. The number of thiocarbonyl (C=S) groups is 1. The molecule has 1 aliphatic carbocycles. The first-order valence-electron chi connectivity index (χ1n) is 5.80. The van der Waals surface area contributed by atoms with Crippen molar-refractivity contribution >= 4 is 23.0 Å². The number of pyridine rings is 1. The lowest BCUT2D eigenvalue weighted by atomic mass is 9.85. The van der Waals surface area contributed by atoms with Gasteiger partial charge in [0.05, 0.1) is 0 Å². The second kappa shape index (κ2) is 5.72. The van der Waals surface area contributed by atoms with Gasteiger partial charge in [0.2, 0.25) is 0 Å². The minimum atomic E-state index is 0.211. The van der Waals surface area contributed by atoms with E-state index in [1.54, 1.807) is 0 Å². The number of aromatic nitrogens is 1. The summed E-state index contributed by atoms with van der Waals surface area (Å²) in [4.78, 5) is 4.41. The van der Waals surface area contributed by atoms with E-state index in [-0.39, 0.29) is 5.11 Å². The van der Waals surface area contributed by atoms with Crippen molar-refractivity contribution in [2.75, 3.05) is 0 Å². The predicted molar refractivity (Wildman–Crippen MR) is 72.8 cm³/mol. The predicted octanol–water partition coefficient (Wildman–Crippen LogP) is 1.93. The Balaban J connectivity index is 2.18. The summed E-state index contributed by atoms with van der Waals surface area (Å²) >= 11 is 4.76. The second-order valence-corrected chi connectivity index (χ2v) is 4.57. The third-order valence-corrected chi connectivity index (χ3v) is 3.02. The molecule has 5 heteroatoms. The van der Waals surface area contributed by atoms with E-state index in [1.165, 1.54) is 12.8 Å². The second-order valence-electron chi connectivity index (χ2n) is 4.13. The zero-order valence-corrected chi connectivity index (χ0v) is 10.4. The molecule has 4 nitrogen and oxygen atoms in total. The molecular weight excluding hydrogens is 232 g/mol. The monoisotopic (exact) mass is 248 g/mol. The molecule has 1 atom stereocenters. The van der Waals surface area contributed by atoms with Crippen LogP contribution < -0.4 is 11.2 Å². The summed E-state index contributed by atoms with van der Waals surface area (Å²) in [5.41, 5.74) is 10.3. The fraction of sp³-hybridized carbons (Fsp3) is 0.417. The van der Waals surface area contributed by atoms with E-state index in [9.17, 15) is 0 Å². The van der Waals surface area contributed by atoms with Gasteiger partial charge in [-0.2, -0.15) is 5.10 Å². The van der Waals surface area contributed by atoms with Crippen LogP contribution in [0.25, 0.3) is 0 Å². The largest absolute Gasteiger partial charge is 0.375 e. The fourth-order valence-electron chi connectivity index (χ4n) is 2.16. The van der Waals surface area contributed by atoms with Crippen molar-refractivity contribution in [2.24, 2.45) is 10.8 Å². The zero-order chi connectivity index (χ0) is 12.1. The van der Waals surface area contributed by atoms with Crippen LogP contribution in [0.15, 0.2) is 29.5 Å². The van der Waals surface area contributed by atoms with Crippen LogP contribution in [0.3, 0.4) is 0 Å². The van der Waals surface area contributed by atoms with Crippen LogP contribution >= 0.6 is 12.2 Å². The maximum absolute atomic E-state index is 5.39. The topological polar surface area (TPSA) is 63.3 Å². The number of hydrogen-bond donors (Lipinski definition) is 2. The van der Waals surface area contributed by atoms with Crippen LogP contribution in [0.4, 0.5) is 0 Å². The molecule has 1 aliphatic rings. The quantitative estimate of drug-likeness (QED) is 0.620. The summed E-state index contributed by atoms with van der Waals surface area (Å²) < 4.78 is 0. The Labute approximate surface area is 106 Å². The van der Waals surface area contributed by atoms with Gasteiger partial charge in [-0.1, -0.05) is 12.5 Å². The molecule has 1 heterocycles. The summed E-state index contributed by atoms with van der Waals surface area (Å²) in [5, 5.41) is 4.51. The normalized spacial score (nSPS) is 22.4. The Bertz CT molecular complexity index is 416. The third kappa shape index (κ3) is 3.23. The Morgan fingerprint density at radius 1 is 1.47 bits per heavy atom. The van der Waals surface area contributed by atoms with Crippen LogP contribution in [0.1, 0.15) is 37.3 Å². The molecule has 0 saturated heterocycles. The molecule has 0 aromatic carbocycles. The highest BCUT2D eigenvalue weighted by atomic mass is 32.1. The first kappa shape index (κ1) is 12.0. The van der Waals surface area contributed by atoms with Crippen LogP contribution in [0, 0.1) is 0 Å². The molecule has 17 heavy (non-hydrogen) atoms. The molecule has 0 amide bonds. The van der Waals surface area contributed by atoms with Gasteiger partial charge < -0.3 is 5.73 Å². The first-order valence-corrected chi connectivity index (χ1v) is 6.21. The SMILES string of the molecule is NC(=S)N/N=C1\CCCC[C@H]1c1ccccn1. The number of nitrogens with two attached hydrogens (primary N) is 1. The van der Waals surface area contributed by atoms with Crippen molar-refractivity contribution in [2.45, 2.75) is 31.6 Å². The van der Waals surface area contributed by atoms with Crippen molar-refractivity contribution in [3.63, 3.8) is 0 Å². The number of hydrazone groups is 1. The highest BCUT2D eigenvalue weighted by Crippen LogP contribution is 2.29. The molecular formula is C12H16N4S. The van der Waals surface area contributed by atoms with Crippen molar-refractivity contribution in [3.05, 3.63) is 30.1 Å². The molecule has 1 fully saturated rings. The Morgan fingerprint density at radius 3 is 3.06 bits per heavy atom. The molecule has 0 aliphatic heterocycles. The summed E-state index contributed by atoms with van der Waals surface area (Å²) in [6, 6.07) is 5.98. The van der Waals surface area contributed by atoms with Crippen molar-refractivity contribution in [1.82, 2.24) is 10.4 Å². The van der Waals surface area contributed by atoms with Crippen molar-refractivity contribution in [1.29, 1.82) is 0 Å². The highest BCUT2D eigenvalue weighted by molar-refractivity contribution is 7.80. The molecule has 1 aromatic heterocycles. The van der Waals surface area contributed by atoms with Gasteiger partial charge in [0.25, 0.3) is 0 Å². The van der Waals surface area contributed by atoms with Gasteiger partial charge in [0.15, 0.2) is 5.11 Å². The van der Waals surface area contributed by atoms with Crippen LogP contribution in [0.5, 0.6) is 0 Å². The van der Waals surface area contributed by atoms with E-state index in [2.05, 4.69) is 15.5 Å². The number of nitrogens with one attached hydrogen (secondary N) is 1. The highest BCUT2D eigenvalue weighted by Gasteiger charge is 2.23. The zero-order valence-electron chi connectivity index (χ0n) is 9.60. The minimum Gasteiger partial charge on any atom is -0.375 e. The first-order chi connectivity index (χ1) is 8.27. The third-order valence-electron chi connectivity index (χ3n) is 2.93. The maximum atomic E-state index is 5.39. The number of rotatable bonds is 2. The Morgan fingerprint density at radius 2 is 2.35 bits per heavy atom. The van der Waals surface area contributed by atoms with E-state index < -0.39 is 0 Å². The lowest BCUT2D eigenvalue weighted by Gasteiger charge is -2.23. The van der Waals surface area contributed by atoms with Gasteiger partial charge in [-0.3, -0.25) is 10.4 Å². The molecule has 1 saturated carbocycles. The van der Waals surface area contributed by atoms with Crippen molar-refractivity contribution < 1.29 is 0 Å². The lowest BCUT2D eigenvalue weighted by molar-refractivity contribution is 0.599.